The maximum Gasteiger partial charge on any atom is 0.221 e. The second-order valence-corrected chi connectivity index (χ2v) is 3.95. The lowest BCUT2D eigenvalue weighted by atomic mass is 10.2. The molecule has 1 aromatic heterocycles. The highest BCUT2D eigenvalue weighted by molar-refractivity contribution is 5.76. The standard InChI is InChI=1S/C12H20N4O2/c1-9-8-16-11(7-10(9)13)14-4-3-12(17)15-5-6-18-2/h7-8H,3-6H2,1-2H3,(H,15,17)(H3,13,14,16). The minimum Gasteiger partial charge on any atom is -0.398 e. The molecule has 0 spiro atoms. The van der Waals surface area contributed by atoms with Gasteiger partial charge in [0.25, 0.3) is 0 Å². The van der Waals surface area contributed by atoms with Crippen molar-refractivity contribution >= 4 is 17.4 Å². The van der Waals surface area contributed by atoms with E-state index in [-0.39, 0.29) is 5.91 Å². The number of carbonyl (C=O) groups excluding carboxylic acids is 1. The number of rotatable bonds is 7. The molecule has 0 radical (unpaired) electrons. The Morgan fingerprint density at radius 1 is 1.50 bits per heavy atom. The van der Waals surface area contributed by atoms with Crippen molar-refractivity contribution in [1.29, 1.82) is 0 Å². The van der Waals surface area contributed by atoms with Crippen LogP contribution in [0, 0.1) is 6.92 Å². The Hall–Kier alpha value is -1.82. The normalized spacial score (nSPS) is 10.1. The molecule has 0 bridgehead atoms. The third-order valence-corrected chi connectivity index (χ3v) is 2.43. The first-order valence-corrected chi connectivity index (χ1v) is 5.85. The van der Waals surface area contributed by atoms with Crippen molar-refractivity contribution in [3.05, 3.63) is 17.8 Å². The summed E-state index contributed by atoms with van der Waals surface area (Å²) < 4.78 is 4.84. The SMILES string of the molecule is COCCNC(=O)CCNc1cc(N)c(C)cn1. The number of anilines is 2. The number of pyridine rings is 1. The fourth-order valence-corrected chi connectivity index (χ4v) is 1.32. The molecule has 1 heterocycles. The van der Waals surface area contributed by atoms with Crippen LogP contribution in [0.5, 0.6) is 0 Å². The summed E-state index contributed by atoms with van der Waals surface area (Å²) in [6, 6.07) is 1.76. The van der Waals surface area contributed by atoms with Gasteiger partial charge in [0, 0.05) is 44.6 Å². The van der Waals surface area contributed by atoms with E-state index < -0.39 is 0 Å². The predicted octanol–water partition coefficient (Wildman–Crippen LogP) is 0.537. The molecule has 0 atom stereocenters. The van der Waals surface area contributed by atoms with Gasteiger partial charge in [-0.05, 0) is 12.5 Å². The Labute approximate surface area is 107 Å². The first-order valence-electron chi connectivity index (χ1n) is 5.85. The van der Waals surface area contributed by atoms with E-state index in [4.69, 9.17) is 10.5 Å². The molecule has 4 N–H and O–H groups in total. The molecule has 0 aromatic carbocycles. The van der Waals surface area contributed by atoms with Gasteiger partial charge in [-0.25, -0.2) is 4.98 Å². The van der Waals surface area contributed by atoms with E-state index in [0.29, 0.717) is 37.6 Å². The average molecular weight is 252 g/mol. The maximum absolute atomic E-state index is 11.4. The van der Waals surface area contributed by atoms with Gasteiger partial charge in [0.2, 0.25) is 5.91 Å². The van der Waals surface area contributed by atoms with Gasteiger partial charge >= 0.3 is 0 Å². The van der Waals surface area contributed by atoms with Crippen LogP contribution >= 0.6 is 0 Å². The van der Waals surface area contributed by atoms with Crippen LogP contribution in [-0.4, -0.2) is 37.7 Å². The van der Waals surface area contributed by atoms with Gasteiger partial charge in [-0.1, -0.05) is 0 Å². The third kappa shape index (κ3) is 5.01. The maximum atomic E-state index is 11.4. The van der Waals surface area contributed by atoms with E-state index in [9.17, 15) is 4.79 Å². The average Bonchev–Trinajstić information content (AvgIpc) is 2.34. The van der Waals surface area contributed by atoms with Gasteiger partial charge in [0.05, 0.1) is 6.61 Å². The van der Waals surface area contributed by atoms with Gasteiger partial charge in [-0.3, -0.25) is 4.79 Å². The molecule has 6 heteroatoms. The van der Waals surface area contributed by atoms with E-state index in [0.717, 1.165) is 5.56 Å². The molecule has 1 rings (SSSR count). The Balaban J connectivity index is 2.24. The second-order valence-electron chi connectivity index (χ2n) is 3.95. The zero-order chi connectivity index (χ0) is 13.4. The molecule has 0 unspecified atom stereocenters. The molecule has 0 saturated heterocycles. The minimum absolute atomic E-state index is 0.0142. The topological polar surface area (TPSA) is 89.3 Å². The lowest BCUT2D eigenvalue weighted by Gasteiger charge is -2.08. The smallest absolute Gasteiger partial charge is 0.221 e. The van der Waals surface area contributed by atoms with E-state index in [1.54, 1.807) is 19.4 Å². The number of nitrogens with zero attached hydrogens (tertiary/aromatic N) is 1. The predicted molar refractivity (Wildman–Crippen MR) is 71.4 cm³/mol. The van der Waals surface area contributed by atoms with Crippen LogP contribution in [0.15, 0.2) is 12.3 Å². The molecule has 6 nitrogen and oxygen atoms in total. The first kappa shape index (κ1) is 14.2. The summed E-state index contributed by atoms with van der Waals surface area (Å²) in [6.45, 7) is 3.48. The number of aromatic nitrogens is 1. The van der Waals surface area contributed by atoms with Crippen molar-refractivity contribution in [2.24, 2.45) is 0 Å². The Morgan fingerprint density at radius 2 is 2.28 bits per heavy atom. The van der Waals surface area contributed by atoms with Crippen molar-refractivity contribution in [1.82, 2.24) is 10.3 Å². The highest BCUT2D eigenvalue weighted by Gasteiger charge is 2.01. The van der Waals surface area contributed by atoms with Gasteiger partial charge in [-0.15, -0.1) is 0 Å². The molecule has 0 aliphatic rings. The number of nitrogens with two attached hydrogens (primary N) is 1. The monoisotopic (exact) mass is 252 g/mol. The number of aryl methyl sites for hydroxylation is 1. The van der Waals surface area contributed by atoms with Crippen LogP contribution in [-0.2, 0) is 9.53 Å². The Bertz CT molecular complexity index is 396. The number of methoxy groups -OCH3 is 1. The van der Waals surface area contributed by atoms with Crippen LogP contribution < -0.4 is 16.4 Å². The summed E-state index contributed by atoms with van der Waals surface area (Å²) in [5.41, 5.74) is 7.39. The van der Waals surface area contributed by atoms with Crippen molar-refractivity contribution in [2.75, 3.05) is 37.9 Å². The fourth-order valence-electron chi connectivity index (χ4n) is 1.32. The van der Waals surface area contributed by atoms with Crippen molar-refractivity contribution in [2.45, 2.75) is 13.3 Å². The number of nitrogens with one attached hydrogen (secondary N) is 2. The first-order chi connectivity index (χ1) is 8.63. The number of amides is 1. The summed E-state index contributed by atoms with van der Waals surface area (Å²) in [5, 5.41) is 5.79. The number of hydrogen-bond acceptors (Lipinski definition) is 5. The van der Waals surface area contributed by atoms with Gasteiger partial charge in [0.15, 0.2) is 0 Å². The van der Waals surface area contributed by atoms with E-state index in [1.165, 1.54) is 0 Å². The molecule has 1 amide bonds. The molecule has 0 aliphatic carbocycles. The largest absolute Gasteiger partial charge is 0.398 e. The van der Waals surface area contributed by atoms with Crippen LogP contribution in [0.1, 0.15) is 12.0 Å². The van der Waals surface area contributed by atoms with Gasteiger partial charge in [-0.2, -0.15) is 0 Å². The van der Waals surface area contributed by atoms with Crippen molar-refractivity contribution in [3.63, 3.8) is 0 Å². The second kappa shape index (κ2) is 7.50. The van der Waals surface area contributed by atoms with Crippen LogP contribution in [0.2, 0.25) is 0 Å². The van der Waals surface area contributed by atoms with E-state index in [1.807, 2.05) is 6.92 Å². The summed E-state index contributed by atoms with van der Waals surface area (Å²) >= 11 is 0. The quantitative estimate of drug-likeness (QED) is 0.616. The minimum atomic E-state index is -0.0142. The Morgan fingerprint density at radius 3 is 2.94 bits per heavy atom. The summed E-state index contributed by atoms with van der Waals surface area (Å²) in [5.74, 6) is 0.669. The van der Waals surface area contributed by atoms with Gasteiger partial charge in [0.1, 0.15) is 5.82 Å². The molecule has 100 valence electrons. The van der Waals surface area contributed by atoms with Crippen LogP contribution in [0.3, 0.4) is 0 Å². The Kier molecular flexibility index (Phi) is 5.93. The molecular weight excluding hydrogens is 232 g/mol. The van der Waals surface area contributed by atoms with Crippen molar-refractivity contribution < 1.29 is 9.53 Å². The molecule has 1 aromatic rings. The number of hydrogen-bond donors (Lipinski definition) is 3. The number of carbonyl (C=O) groups is 1. The lowest BCUT2D eigenvalue weighted by molar-refractivity contribution is -0.121. The third-order valence-electron chi connectivity index (χ3n) is 2.43. The zero-order valence-corrected chi connectivity index (χ0v) is 10.8. The van der Waals surface area contributed by atoms with E-state index in [2.05, 4.69) is 15.6 Å². The molecular formula is C12H20N4O2. The number of nitrogen functional groups attached to an aromatic ring is 1. The highest BCUT2D eigenvalue weighted by atomic mass is 16.5. The summed E-state index contributed by atoms with van der Waals surface area (Å²) in [7, 11) is 1.60. The van der Waals surface area contributed by atoms with Crippen LogP contribution in [0.25, 0.3) is 0 Å². The van der Waals surface area contributed by atoms with Crippen molar-refractivity contribution in [3.8, 4) is 0 Å². The van der Waals surface area contributed by atoms with E-state index >= 15 is 0 Å². The highest BCUT2D eigenvalue weighted by Crippen LogP contribution is 2.13. The molecule has 0 fully saturated rings. The molecule has 0 aliphatic heterocycles. The molecule has 0 saturated carbocycles. The lowest BCUT2D eigenvalue weighted by Crippen LogP contribution is -2.28. The molecule has 18 heavy (non-hydrogen) atoms. The fraction of sp³-hybridized carbons (Fsp3) is 0.500. The van der Waals surface area contributed by atoms with Gasteiger partial charge < -0.3 is 21.1 Å². The number of ether oxygens (including phenoxy) is 1. The zero-order valence-electron chi connectivity index (χ0n) is 10.8. The summed E-state index contributed by atoms with van der Waals surface area (Å²) in [4.78, 5) is 15.5. The van der Waals surface area contributed by atoms with Crippen LogP contribution in [0.4, 0.5) is 11.5 Å². The summed E-state index contributed by atoms with van der Waals surface area (Å²) in [6.07, 6.45) is 2.09.